The van der Waals surface area contributed by atoms with Crippen LogP contribution in [-0.4, -0.2) is 50.1 Å². The van der Waals surface area contributed by atoms with Crippen LogP contribution in [0.2, 0.25) is 0 Å². The molecule has 0 fully saturated rings. The van der Waals surface area contributed by atoms with Gasteiger partial charge in [-0.25, -0.2) is 13.1 Å². The van der Waals surface area contributed by atoms with E-state index >= 15 is 0 Å². The maximum absolute atomic E-state index is 13.3. The van der Waals surface area contributed by atoms with Crippen molar-refractivity contribution in [1.29, 1.82) is 0 Å². The predicted molar refractivity (Wildman–Crippen MR) is 150 cm³/mol. The van der Waals surface area contributed by atoms with Crippen LogP contribution in [0.4, 0.5) is 5.69 Å². The van der Waals surface area contributed by atoms with Gasteiger partial charge in [0.25, 0.3) is 5.91 Å². The minimum absolute atomic E-state index is 0.0357. The molecule has 3 aromatic rings. The Hall–Kier alpha value is -3.23. The van der Waals surface area contributed by atoms with Gasteiger partial charge in [0.1, 0.15) is 0 Å². The Kier molecular flexibility index (Phi) is 10.7. The van der Waals surface area contributed by atoms with Crippen molar-refractivity contribution in [2.45, 2.75) is 38.5 Å². The number of carbonyl (C=O) groups is 1. The fourth-order valence-electron chi connectivity index (χ4n) is 4.65. The van der Waals surface area contributed by atoms with E-state index in [1.54, 1.807) is 11.0 Å². The summed E-state index contributed by atoms with van der Waals surface area (Å²) >= 11 is 0. The molecule has 3 N–H and O–H groups in total. The number of aromatic nitrogens is 1. The average Bonchev–Trinajstić information content (AvgIpc) is 2.89. The Morgan fingerprint density at radius 2 is 1.62 bits per heavy atom. The van der Waals surface area contributed by atoms with Crippen LogP contribution in [-0.2, 0) is 10.0 Å². The molecular formula is C29H38N4O3S. The van der Waals surface area contributed by atoms with Gasteiger partial charge in [-0.3, -0.25) is 9.78 Å². The molecule has 1 amide bonds. The number of rotatable bonds is 14. The molecule has 3 rings (SSSR count). The number of hydrogen-bond donors (Lipinski definition) is 2. The lowest BCUT2D eigenvalue weighted by Gasteiger charge is -2.28. The van der Waals surface area contributed by atoms with Gasteiger partial charge in [0, 0.05) is 37.9 Å². The Bertz CT molecular complexity index is 1180. The van der Waals surface area contributed by atoms with Gasteiger partial charge in [0.05, 0.1) is 17.5 Å². The van der Waals surface area contributed by atoms with Crippen molar-refractivity contribution in [3.05, 3.63) is 95.8 Å². The molecule has 0 radical (unpaired) electrons. The van der Waals surface area contributed by atoms with Gasteiger partial charge in [0.15, 0.2) is 0 Å². The van der Waals surface area contributed by atoms with Crippen molar-refractivity contribution in [2.24, 2.45) is 5.92 Å². The first-order valence-electron chi connectivity index (χ1n) is 12.8. The zero-order valence-electron chi connectivity index (χ0n) is 21.7. The van der Waals surface area contributed by atoms with E-state index in [0.29, 0.717) is 24.3 Å². The molecule has 198 valence electrons. The fraction of sp³-hybridized carbons (Fsp3) is 0.379. The monoisotopic (exact) mass is 522 g/mol. The van der Waals surface area contributed by atoms with E-state index in [-0.39, 0.29) is 24.3 Å². The molecule has 1 atom stereocenters. The van der Waals surface area contributed by atoms with Gasteiger partial charge in [-0.2, -0.15) is 0 Å². The zero-order chi connectivity index (χ0) is 26.7. The van der Waals surface area contributed by atoms with Crippen LogP contribution in [0.15, 0.2) is 79.1 Å². The number of nitrogens with one attached hydrogen (secondary N) is 1. The summed E-state index contributed by atoms with van der Waals surface area (Å²) in [6.45, 7) is 3.32. The van der Waals surface area contributed by atoms with E-state index in [2.05, 4.69) is 58.2 Å². The molecule has 0 spiro atoms. The number of anilines is 1. The van der Waals surface area contributed by atoms with Gasteiger partial charge in [-0.15, -0.1) is 0 Å². The molecule has 37 heavy (non-hydrogen) atoms. The molecule has 1 heterocycles. The summed E-state index contributed by atoms with van der Waals surface area (Å²) in [6.07, 6.45) is 7.57. The van der Waals surface area contributed by atoms with Crippen LogP contribution in [0.25, 0.3) is 0 Å². The lowest BCUT2D eigenvalue weighted by Crippen LogP contribution is -2.40. The number of sulfonamides is 1. The third kappa shape index (κ3) is 9.30. The van der Waals surface area contributed by atoms with Crippen LogP contribution in [0.5, 0.6) is 0 Å². The summed E-state index contributed by atoms with van der Waals surface area (Å²) in [6, 6.07) is 22.5. The standard InChI is InChI=1S/C29H38N4O3S/c1-3-17-33(29(34)26-18-27(30)21-31-20-26)22-23(19-32-37(2,35)36)11-10-16-28(24-12-6-4-7-13-24)25-14-8-5-9-15-25/h4-9,12-15,18,20-21,23,28,32H,3,10-11,16-17,19,22,30H2,1-2H3. The number of carbonyl (C=O) groups excluding carboxylic acids is 1. The summed E-state index contributed by atoms with van der Waals surface area (Å²) in [7, 11) is -3.35. The second-order valence-electron chi connectivity index (χ2n) is 9.55. The van der Waals surface area contributed by atoms with Gasteiger partial charge in [-0.05, 0) is 42.4 Å². The molecule has 7 nitrogen and oxygen atoms in total. The van der Waals surface area contributed by atoms with E-state index in [4.69, 9.17) is 5.73 Å². The van der Waals surface area contributed by atoms with Crippen LogP contribution >= 0.6 is 0 Å². The second kappa shape index (κ2) is 13.9. The van der Waals surface area contributed by atoms with Crippen LogP contribution in [0.1, 0.15) is 60.0 Å². The number of benzene rings is 2. The second-order valence-corrected chi connectivity index (χ2v) is 11.4. The number of nitrogens with zero attached hydrogens (tertiary/aromatic N) is 2. The molecule has 0 aliphatic heterocycles. The summed E-state index contributed by atoms with van der Waals surface area (Å²) in [5.41, 5.74) is 9.25. The molecule has 0 saturated heterocycles. The lowest BCUT2D eigenvalue weighted by molar-refractivity contribution is 0.0725. The molecular weight excluding hydrogens is 484 g/mol. The average molecular weight is 523 g/mol. The van der Waals surface area contributed by atoms with E-state index in [9.17, 15) is 13.2 Å². The minimum Gasteiger partial charge on any atom is -0.397 e. The molecule has 1 unspecified atom stereocenters. The third-order valence-corrected chi connectivity index (χ3v) is 7.10. The first-order chi connectivity index (χ1) is 17.8. The van der Waals surface area contributed by atoms with Gasteiger partial charge in [0.2, 0.25) is 10.0 Å². The topological polar surface area (TPSA) is 105 Å². The van der Waals surface area contributed by atoms with E-state index in [1.807, 2.05) is 19.1 Å². The normalized spacial score (nSPS) is 12.4. The number of nitrogen functional groups attached to an aromatic ring is 1. The third-order valence-electron chi connectivity index (χ3n) is 6.41. The van der Waals surface area contributed by atoms with Crippen LogP contribution < -0.4 is 10.5 Å². The highest BCUT2D eigenvalue weighted by atomic mass is 32.2. The molecule has 0 aliphatic rings. The molecule has 0 saturated carbocycles. The summed E-state index contributed by atoms with van der Waals surface area (Å²) in [4.78, 5) is 19.1. The Morgan fingerprint density at radius 1 is 1.00 bits per heavy atom. The Balaban J connectivity index is 1.75. The highest BCUT2D eigenvalue weighted by molar-refractivity contribution is 7.88. The quantitative estimate of drug-likeness (QED) is 0.320. The molecule has 0 aliphatic carbocycles. The first kappa shape index (κ1) is 28.3. The fourth-order valence-corrected chi connectivity index (χ4v) is 5.19. The summed E-state index contributed by atoms with van der Waals surface area (Å²) < 4.78 is 26.4. The van der Waals surface area contributed by atoms with E-state index in [1.165, 1.54) is 23.5 Å². The maximum atomic E-state index is 13.3. The highest BCUT2D eigenvalue weighted by Gasteiger charge is 2.22. The van der Waals surface area contributed by atoms with Gasteiger partial charge in [-0.1, -0.05) is 74.0 Å². The number of hydrogen-bond acceptors (Lipinski definition) is 5. The van der Waals surface area contributed by atoms with Crippen molar-refractivity contribution in [3.8, 4) is 0 Å². The van der Waals surface area contributed by atoms with Crippen molar-refractivity contribution in [1.82, 2.24) is 14.6 Å². The Labute approximate surface area is 221 Å². The lowest BCUT2D eigenvalue weighted by atomic mass is 9.86. The van der Waals surface area contributed by atoms with Crippen LogP contribution in [0, 0.1) is 5.92 Å². The maximum Gasteiger partial charge on any atom is 0.255 e. The molecule has 0 bridgehead atoms. The van der Waals surface area contributed by atoms with Gasteiger partial charge >= 0.3 is 0 Å². The number of amides is 1. The van der Waals surface area contributed by atoms with Crippen molar-refractivity contribution < 1.29 is 13.2 Å². The smallest absolute Gasteiger partial charge is 0.255 e. The largest absolute Gasteiger partial charge is 0.397 e. The minimum atomic E-state index is -3.35. The predicted octanol–water partition coefficient (Wildman–Crippen LogP) is 4.68. The summed E-state index contributed by atoms with van der Waals surface area (Å²) in [5.74, 6) is 0.0709. The highest BCUT2D eigenvalue weighted by Crippen LogP contribution is 2.30. The van der Waals surface area contributed by atoms with Crippen LogP contribution in [0.3, 0.4) is 0 Å². The zero-order valence-corrected chi connectivity index (χ0v) is 22.5. The van der Waals surface area contributed by atoms with Crippen molar-refractivity contribution >= 4 is 21.6 Å². The SMILES string of the molecule is CCCN(CC(CCCC(c1ccccc1)c1ccccc1)CNS(C)(=O)=O)C(=O)c1cncc(N)c1. The Morgan fingerprint density at radius 3 is 2.16 bits per heavy atom. The van der Waals surface area contributed by atoms with E-state index < -0.39 is 10.0 Å². The van der Waals surface area contributed by atoms with Gasteiger partial charge < -0.3 is 10.6 Å². The summed E-state index contributed by atoms with van der Waals surface area (Å²) in [5, 5.41) is 0. The number of pyridine rings is 1. The first-order valence-corrected chi connectivity index (χ1v) is 14.7. The van der Waals surface area contributed by atoms with E-state index in [0.717, 1.165) is 31.9 Å². The molecule has 1 aromatic heterocycles. The molecule has 2 aromatic carbocycles. The van der Waals surface area contributed by atoms with Crippen molar-refractivity contribution in [3.63, 3.8) is 0 Å². The number of nitrogens with two attached hydrogens (primary N) is 1. The molecule has 8 heteroatoms. The van der Waals surface area contributed by atoms with Crippen molar-refractivity contribution in [2.75, 3.05) is 31.6 Å².